The third kappa shape index (κ3) is 2.17. The van der Waals surface area contributed by atoms with Gasteiger partial charge in [-0.2, -0.15) is 11.3 Å². The first-order valence-electron chi connectivity index (χ1n) is 3.71. The summed E-state index contributed by atoms with van der Waals surface area (Å²) in [6.45, 7) is 5.63. The van der Waals surface area contributed by atoms with Crippen LogP contribution >= 0.6 is 11.3 Å². The summed E-state index contributed by atoms with van der Waals surface area (Å²) in [4.78, 5) is 4.05. The summed E-state index contributed by atoms with van der Waals surface area (Å²) < 4.78 is 0. The summed E-state index contributed by atoms with van der Waals surface area (Å²) in [5.41, 5.74) is 2.25. The molecule has 0 aliphatic carbocycles. The van der Waals surface area contributed by atoms with E-state index in [0.717, 1.165) is 5.57 Å². The lowest BCUT2D eigenvalue weighted by Crippen LogP contribution is -1.73. The molecule has 62 valence electrons. The summed E-state index contributed by atoms with van der Waals surface area (Å²) in [5, 5.41) is 4.13. The van der Waals surface area contributed by atoms with Crippen LogP contribution in [0.5, 0.6) is 0 Å². The molecule has 0 aliphatic heterocycles. The quantitative estimate of drug-likeness (QED) is 0.496. The van der Waals surface area contributed by atoms with Crippen LogP contribution in [0.4, 0.5) is 0 Å². The van der Waals surface area contributed by atoms with E-state index in [9.17, 15) is 0 Å². The molecule has 1 aromatic heterocycles. The highest BCUT2D eigenvalue weighted by molar-refractivity contribution is 7.08. The van der Waals surface area contributed by atoms with Crippen LogP contribution in [0.25, 0.3) is 5.57 Å². The van der Waals surface area contributed by atoms with E-state index in [1.807, 2.05) is 24.6 Å². The molecule has 0 bridgehead atoms. The van der Waals surface area contributed by atoms with Crippen molar-refractivity contribution in [3.05, 3.63) is 41.2 Å². The Balaban J connectivity index is 2.90. The molecular formula is C10H11NS. The van der Waals surface area contributed by atoms with Crippen molar-refractivity contribution < 1.29 is 0 Å². The molecule has 0 aliphatic rings. The molecule has 1 aromatic rings. The van der Waals surface area contributed by atoms with Crippen LogP contribution in [0, 0.1) is 0 Å². The summed E-state index contributed by atoms with van der Waals surface area (Å²) in [5.74, 6) is 0. The first kappa shape index (κ1) is 8.94. The predicted octanol–water partition coefficient (Wildman–Crippen LogP) is 3.37. The van der Waals surface area contributed by atoms with Gasteiger partial charge in [-0.25, -0.2) is 0 Å². The van der Waals surface area contributed by atoms with Gasteiger partial charge in [0.15, 0.2) is 0 Å². The zero-order valence-corrected chi connectivity index (χ0v) is 7.84. The van der Waals surface area contributed by atoms with Crippen LogP contribution in [0.1, 0.15) is 12.5 Å². The molecule has 0 unspecified atom stereocenters. The van der Waals surface area contributed by atoms with Crippen molar-refractivity contribution in [2.45, 2.75) is 6.92 Å². The second-order valence-corrected chi connectivity index (χ2v) is 2.99. The number of nitrogens with zero attached hydrogens (tertiary/aromatic N) is 1. The van der Waals surface area contributed by atoms with Crippen molar-refractivity contribution in [2.75, 3.05) is 0 Å². The molecule has 1 heterocycles. The maximum Gasteiger partial charge on any atom is 0.0342 e. The van der Waals surface area contributed by atoms with E-state index in [-0.39, 0.29) is 0 Å². The minimum absolute atomic E-state index is 1.06. The number of thiophene rings is 1. The molecular weight excluding hydrogens is 166 g/mol. The summed E-state index contributed by atoms with van der Waals surface area (Å²) in [6.07, 6.45) is 5.39. The lowest BCUT2D eigenvalue weighted by molar-refractivity contribution is 1.57. The molecule has 0 N–H and O–H groups in total. The molecule has 0 saturated carbocycles. The first-order chi connectivity index (χ1) is 5.88. The molecule has 0 fully saturated rings. The fraction of sp³-hybridized carbons (Fsp3) is 0.100. The van der Waals surface area contributed by atoms with Gasteiger partial charge in [0, 0.05) is 18.0 Å². The van der Waals surface area contributed by atoms with Crippen molar-refractivity contribution in [3.8, 4) is 0 Å². The van der Waals surface area contributed by atoms with Gasteiger partial charge >= 0.3 is 0 Å². The third-order valence-corrected chi connectivity index (χ3v) is 2.12. The standard InChI is InChI=1S/C10H11NS/c1-3-9(7-11-4-2)10-5-6-12-8-10/h3-8H,1H2,2H3/b9-7+,11-4?. The zero-order chi connectivity index (χ0) is 8.81. The van der Waals surface area contributed by atoms with Crippen molar-refractivity contribution in [1.29, 1.82) is 0 Å². The summed E-state index contributed by atoms with van der Waals surface area (Å²) in [7, 11) is 0. The minimum Gasteiger partial charge on any atom is -0.269 e. The highest BCUT2D eigenvalue weighted by Crippen LogP contribution is 2.18. The molecule has 0 saturated heterocycles. The van der Waals surface area contributed by atoms with E-state index >= 15 is 0 Å². The smallest absolute Gasteiger partial charge is 0.0342 e. The zero-order valence-electron chi connectivity index (χ0n) is 7.03. The van der Waals surface area contributed by atoms with Gasteiger partial charge in [0.2, 0.25) is 0 Å². The molecule has 0 spiro atoms. The first-order valence-corrected chi connectivity index (χ1v) is 4.65. The summed E-state index contributed by atoms with van der Waals surface area (Å²) in [6, 6.07) is 2.06. The maximum atomic E-state index is 4.05. The van der Waals surface area contributed by atoms with Gasteiger partial charge in [-0.1, -0.05) is 12.7 Å². The van der Waals surface area contributed by atoms with E-state index in [4.69, 9.17) is 0 Å². The van der Waals surface area contributed by atoms with Gasteiger partial charge < -0.3 is 0 Å². The number of hydrogen-bond donors (Lipinski definition) is 0. The van der Waals surface area contributed by atoms with Gasteiger partial charge in [0.05, 0.1) is 0 Å². The molecule has 1 rings (SSSR count). The lowest BCUT2D eigenvalue weighted by Gasteiger charge is -1.93. The largest absolute Gasteiger partial charge is 0.269 e. The van der Waals surface area contributed by atoms with Crippen molar-refractivity contribution in [3.63, 3.8) is 0 Å². The fourth-order valence-corrected chi connectivity index (χ4v) is 1.49. The molecule has 1 nitrogen and oxygen atoms in total. The average molecular weight is 177 g/mol. The highest BCUT2D eigenvalue weighted by atomic mass is 32.1. The van der Waals surface area contributed by atoms with Crippen molar-refractivity contribution in [2.24, 2.45) is 4.99 Å². The second-order valence-electron chi connectivity index (χ2n) is 2.21. The number of hydrogen-bond acceptors (Lipinski definition) is 2. The van der Waals surface area contributed by atoms with E-state index in [1.165, 1.54) is 5.56 Å². The van der Waals surface area contributed by atoms with Crippen molar-refractivity contribution >= 4 is 23.1 Å². The lowest BCUT2D eigenvalue weighted by atomic mass is 10.1. The fourth-order valence-electron chi connectivity index (χ4n) is 0.829. The van der Waals surface area contributed by atoms with Crippen LogP contribution in [-0.2, 0) is 0 Å². The summed E-state index contributed by atoms with van der Waals surface area (Å²) >= 11 is 1.68. The van der Waals surface area contributed by atoms with Crippen molar-refractivity contribution in [1.82, 2.24) is 0 Å². The van der Waals surface area contributed by atoms with E-state index in [1.54, 1.807) is 17.6 Å². The highest BCUT2D eigenvalue weighted by Gasteiger charge is 1.94. The minimum atomic E-state index is 1.06. The van der Waals surface area contributed by atoms with E-state index in [2.05, 4.69) is 23.0 Å². The normalized spacial score (nSPS) is 12.2. The molecule has 0 atom stereocenters. The Labute approximate surface area is 76.8 Å². The van der Waals surface area contributed by atoms with Gasteiger partial charge in [-0.15, -0.1) is 0 Å². The Morgan fingerprint density at radius 1 is 1.67 bits per heavy atom. The Kier molecular flexibility index (Phi) is 3.48. The third-order valence-electron chi connectivity index (χ3n) is 1.44. The van der Waals surface area contributed by atoms with Crippen LogP contribution in [-0.4, -0.2) is 6.21 Å². The van der Waals surface area contributed by atoms with Crippen LogP contribution in [0.15, 0.2) is 40.7 Å². The SMILES string of the molecule is C=C/C(=C\N=CC)c1ccsc1. The monoisotopic (exact) mass is 177 g/mol. The van der Waals surface area contributed by atoms with Crippen LogP contribution < -0.4 is 0 Å². The van der Waals surface area contributed by atoms with E-state index < -0.39 is 0 Å². The average Bonchev–Trinajstić information content (AvgIpc) is 2.59. The van der Waals surface area contributed by atoms with Crippen LogP contribution in [0.2, 0.25) is 0 Å². The molecule has 0 aromatic carbocycles. The Hall–Kier alpha value is -1.15. The second kappa shape index (κ2) is 4.67. The number of allylic oxidation sites excluding steroid dienone is 2. The number of rotatable bonds is 3. The predicted molar refractivity (Wildman–Crippen MR) is 56.7 cm³/mol. The molecule has 2 heteroatoms. The Morgan fingerprint density at radius 3 is 3.00 bits per heavy atom. The van der Waals surface area contributed by atoms with Gasteiger partial charge in [0.1, 0.15) is 0 Å². The van der Waals surface area contributed by atoms with Gasteiger partial charge in [0.25, 0.3) is 0 Å². The van der Waals surface area contributed by atoms with Gasteiger partial charge in [-0.05, 0) is 29.3 Å². The van der Waals surface area contributed by atoms with Gasteiger partial charge in [-0.3, -0.25) is 4.99 Å². The Morgan fingerprint density at radius 2 is 2.50 bits per heavy atom. The Bertz CT molecular complexity index is 294. The number of aliphatic imine (C=N–C) groups is 1. The van der Waals surface area contributed by atoms with E-state index in [0.29, 0.717) is 0 Å². The topological polar surface area (TPSA) is 12.4 Å². The molecule has 12 heavy (non-hydrogen) atoms. The maximum absolute atomic E-state index is 4.05. The van der Waals surface area contributed by atoms with Crippen LogP contribution in [0.3, 0.4) is 0 Å². The molecule has 0 amide bonds. The molecule has 0 radical (unpaired) electrons.